The number of nitrogens with two attached hydrogens (primary N) is 1. The first-order valence-electron chi connectivity index (χ1n) is 3.85. The van der Waals surface area contributed by atoms with Gasteiger partial charge in [-0.05, 0) is 30.7 Å². The van der Waals surface area contributed by atoms with Crippen molar-refractivity contribution in [3.63, 3.8) is 0 Å². The summed E-state index contributed by atoms with van der Waals surface area (Å²) in [5.74, 6) is 0. The van der Waals surface area contributed by atoms with Crippen LogP contribution in [-0.4, -0.2) is 0 Å². The fourth-order valence-electron chi connectivity index (χ4n) is 1.02. The van der Waals surface area contributed by atoms with Crippen LogP contribution in [0.3, 0.4) is 0 Å². The molecule has 2 N–H and O–H groups in total. The highest BCUT2D eigenvalue weighted by Crippen LogP contribution is 2.29. The van der Waals surface area contributed by atoms with E-state index >= 15 is 0 Å². The highest BCUT2D eigenvalue weighted by atomic mass is 35.5. The molecule has 0 amide bonds. The summed E-state index contributed by atoms with van der Waals surface area (Å²) in [4.78, 5) is 0. The van der Waals surface area contributed by atoms with E-state index in [0.717, 1.165) is 5.56 Å². The van der Waals surface area contributed by atoms with E-state index in [1.54, 1.807) is 24.3 Å². The molecule has 1 aromatic rings. The van der Waals surface area contributed by atoms with Gasteiger partial charge in [0.2, 0.25) is 0 Å². The van der Waals surface area contributed by atoms with E-state index in [-0.39, 0.29) is 0 Å². The molecule has 0 aromatic heterocycles. The number of benzene rings is 1. The van der Waals surface area contributed by atoms with Gasteiger partial charge in [-0.3, -0.25) is 0 Å². The average molecular weight is 216 g/mol. The standard InChI is InChI=1S/C10H11Cl2N/c1-3-10(2,13)8-6-7(11)4-5-9(8)12/h3-6H,1,13H2,2H3/t10-/m0/s1. The van der Waals surface area contributed by atoms with E-state index in [1.807, 2.05) is 6.92 Å². The fourth-order valence-corrected chi connectivity index (χ4v) is 1.51. The van der Waals surface area contributed by atoms with Crippen LogP contribution in [0.2, 0.25) is 10.0 Å². The highest BCUT2D eigenvalue weighted by Gasteiger charge is 2.19. The molecule has 1 atom stereocenters. The number of hydrogen-bond acceptors (Lipinski definition) is 1. The number of halogens is 2. The molecule has 0 heterocycles. The van der Waals surface area contributed by atoms with Crippen LogP contribution in [0.15, 0.2) is 30.9 Å². The molecule has 1 rings (SSSR count). The van der Waals surface area contributed by atoms with Crippen LogP contribution in [0, 0.1) is 0 Å². The molecule has 0 saturated heterocycles. The molecule has 3 heteroatoms. The van der Waals surface area contributed by atoms with Gasteiger partial charge in [-0.15, -0.1) is 6.58 Å². The summed E-state index contributed by atoms with van der Waals surface area (Å²) in [5.41, 5.74) is 6.10. The lowest BCUT2D eigenvalue weighted by Gasteiger charge is -2.21. The summed E-state index contributed by atoms with van der Waals surface area (Å²) in [6, 6.07) is 5.21. The topological polar surface area (TPSA) is 26.0 Å². The van der Waals surface area contributed by atoms with Crippen LogP contribution < -0.4 is 5.73 Å². The van der Waals surface area contributed by atoms with Crippen molar-refractivity contribution in [1.82, 2.24) is 0 Å². The lowest BCUT2D eigenvalue weighted by atomic mass is 9.93. The normalized spacial score (nSPS) is 15.1. The van der Waals surface area contributed by atoms with Gasteiger partial charge in [-0.2, -0.15) is 0 Å². The molecule has 0 aliphatic rings. The summed E-state index contributed by atoms with van der Waals surface area (Å²) in [5, 5.41) is 1.23. The van der Waals surface area contributed by atoms with Crippen LogP contribution in [-0.2, 0) is 5.54 Å². The first-order valence-corrected chi connectivity index (χ1v) is 4.61. The first kappa shape index (κ1) is 10.6. The summed E-state index contributed by atoms with van der Waals surface area (Å²) in [6.07, 6.45) is 1.64. The monoisotopic (exact) mass is 215 g/mol. The van der Waals surface area contributed by atoms with Crippen LogP contribution >= 0.6 is 23.2 Å². The Hall–Kier alpha value is -0.500. The van der Waals surface area contributed by atoms with Crippen molar-refractivity contribution in [1.29, 1.82) is 0 Å². The van der Waals surface area contributed by atoms with Crippen molar-refractivity contribution in [2.45, 2.75) is 12.5 Å². The highest BCUT2D eigenvalue weighted by molar-refractivity contribution is 6.33. The van der Waals surface area contributed by atoms with Gasteiger partial charge in [0.05, 0.1) is 5.54 Å². The third kappa shape index (κ3) is 2.25. The SMILES string of the molecule is C=C[C@](C)(N)c1cc(Cl)ccc1Cl. The Balaban J connectivity index is 3.28. The van der Waals surface area contributed by atoms with Crippen molar-refractivity contribution in [2.75, 3.05) is 0 Å². The molecule has 0 saturated carbocycles. The minimum atomic E-state index is -0.637. The van der Waals surface area contributed by atoms with Gasteiger partial charge in [-0.25, -0.2) is 0 Å². The summed E-state index contributed by atoms with van der Waals surface area (Å²) < 4.78 is 0. The molecule has 0 aliphatic carbocycles. The second-order valence-corrected chi connectivity index (χ2v) is 3.95. The molecule has 0 aliphatic heterocycles. The third-order valence-electron chi connectivity index (χ3n) is 1.93. The average Bonchev–Trinajstić information content (AvgIpc) is 2.09. The van der Waals surface area contributed by atoms with E-state index < -0.39 is 5.54 Å². The summed E-state index contributed by atoms with van der Waals surface area (Å²) >= 11 is 11.8. The van der Waals surface area contributed by atoms with Gasteiger partial charge in [-0.1, -0.05) is 29.3 Å². The minimum absolute atomic E-state index is 0.606. The molecule has 70 valence electrons. The van der Waals surface area contributed by atoms with Gasteiger partial charge in [0.1, 0.15) is 0 Å². The fraction of sp³-hybridized carbons (Fsp3) is 0.200. The second kappa shape index (κ2) is 3.70. The molecular weight excluding hydrogens is 205 g/mol. The van der Waals surface area contributed by atoms with Gasteiger partial charge < -0.3 is 5.73 Å². The zero-order valence-corrected chi connectivity index (χ0v) is 8.86. The van der Waals surface area contributed by atoms with E-state index in [4.69, 9.17) is 28.9 Å². The molecule has 1 aromatic carbocycles. The zero-order valence-electron chi connectivity index (χ0n) is 7.35. The maximum Gasteiger partial charge on any atom is 0.0579 e. The Kier molecular flexibility index (Phi) is 3.01. The Bertz CT molecular complexity index is 332. The Morgan fingerprint density at radius 3 is 2.62 bits per heavy atom. The molecule has 0 radical (unpaired) electrons. The van der Waals surface area contributed by atoms with Crippen LogP contribution in [0.1, 0.15) is 12.5 Å². The van der Waals surface area contributed by atoms with Crippen molar-refractivity contribution in [3.05, 3.63) is 46.5 Å². The first-order chi connectivity index (χ1) is 5.97. The van der Waals surface area contributed by atoms with Crippen LogP contribution in [0.4, 0.5) is 0 Å². The molecular formula is C10H11Cl2N. The maximum absolute atomic E-state index is 5.97. The third-order valence-corrected chi connectivity index (χ3v) is 2.50. The largest absolute Gasteiger partial charge is 0.318 e. The van der Waals surface area contributed by atoms with Crippen LogP contribution in [0.25, 0.3) is 0 Å². The van der Waals surface area contributed by atoms with E-state index in [0.29, 0.717) is 10.0 Å². The Morgan fingerprint density at radius 2 is 2.08 bits per heavy atom. The maximum atomic E-state index is 5.97. The summed E-state index contributed by atoms with van der Waals surface area (Å²) in [7, 11) is 0. The predicted octanol–water partition coefficient (Wildman–Crippen LogP) is 3.35. The smallest absolute Gasteiger partial charge is 0.0579 e. The summed E-state index contributed by atoms with van der Waals surface area (Å²) in [6.45, 7) is 5.48. The second-order valence-electron chi connectivity index (χ2n) is 3.11. The van der Waals surface area contributed by atoms with Gasteiger partial charge in [0.25, 0.3) is 0 Å². The van der Waals surface area contributed by atoms with Gasteiger partial charge in [0.15, 0.2) is 0 Å². The molecule has 1 nitrogen and oxygen atoms in total. The van der Waals surface area contributed by atoms with Gasteiger partial charge >= 0.3 is 0 Å². The molecule has 13 heavy (non-hydrogen) atoms. The Morgan fingerprint density at radius 1 is 1.46 bits per heavy atom. The Labute approximate surface area is 88.1 Å². The lowest BCUT2D eigenvalue weighted by molar-refractivity contribution is 0.632. The molecule has 0 fully saturated rings. The van der Waals surface area contributed by atoms with Crippen molar-refractivity contribution in [2.24, 2.45) is 5.73 Å². The van der Waals surface area contributed by atoms with Gasteiger partial charge in [0, 0.05) is 10.0 Å². The zero-order chi connectivity index (χ0) is 10.1. The molecule has 0 bridgehead atoms. The quantitative estimate of drug-likeness (QED) is 0.753. The number of rotatable bonds is 2. The molecule has 0 spiro atoms. The van der Waals surface area contributed by atoms with Crippen molar-refractivity contribution < 1.29 is 0 Å². The molecule has 0 unspecified atom stereocenters. The number of hydrogen-bond donors (Lipinski definition) is 1. The van der Waals surface area contributed by atoms with Crippen molar-refractivity contribution >= 4 is 23.2 Å². The van der Waals surface area contributed by atoms with Crippen LogP contribution in [0.5, 0.6) is 0 Å². The predicted molar refractivity (Wildman–Crippen MR) is 58.2 cm³/mol. The van der Waals surface area contributed by atoms with Crippen molar-refractivity contribution in [3.8, 4) is 0 Å². The lowest BCUT2D eigenvalue weighted by Crippen LogP contribution is -2.30. The van der Waals surface area contributed by atoms with E-state index in [9.17, 15) is 0 Å². The van der Waals surface area contributed by atoms with E-state index in [2.05, 4.69) is 6.58 Å². The minimum Gasteiger partial charge on any atom is -0.318 e. The van der Waals surface area contributed by atoms with E-state index in [1.165, 1.54) is 0 Å².